The zero-order valence-corrected chi connectivity index (χ0v) is 10.9. The Bertz CT molecular complexity index is 321. The second kappa shape index (κ2) is 6.37. The van der Waals surface area contributed by atoms with E-state index in [0.29, 0.717) is 0 Å². The molecule has 1 fully saturated rings. The fourth-order valence-electron chi connectivity index (χ4n) is 1.71. The highest BCUT2D eigenvalue weighted by atomic mass is 32.1. The lowest BCUT2D eigenvalue weighted by Gasteiger charge is -2.41. The van der Waals surface area contributed by atoms with Gasteiger partial charge in [0.2, 0.25) is 0 Å². The number of carbonyl (C=O) groups excluding carboxylic acids is 2. The van der Waals surface area contributed by atoms with Crippen molar-refractivity contribution < 1.29 is 34.0 Å². The largest absolute Gasteiger partial charge is 0.457 e. The SMILES string of the molecule is CC(=O)OC1C(S)OC(CO)C(OC(C)=O)C1O. The topological polar surface area (TPSA) is 102 Å². The van der Waals surface area contributed by atoms with E-state index in [4.69, 9.17) is 19.3 Å². The summed E-state index contributed by atoms with van der Waals surface area (Å²) in [6, 6.07) is 0. The Morgan fingerprint density at radius 2 is 1.72 bits per heavy atom. The Morgan fingerprint density at radius 1 is 1.22 bits per heavy atom. The quantitative estimate of drug-likeness (QED) is 0.443. The van der Waals surface area contributed by atoms with Crippen LogP contribution in [-0.2, 0) is 23.8 Å². The van der Waals surface area contributed by atoms with E-state index in [1.807, 2.05) is 0 Å². The predicted octanol–water partition coefficient (Wildman–Crippen LogP) is -1.14. The molecule has 0 aromatic carbocycles. The Morgan fingerprint density at radius 3 is 2.17 bits per heavy atom. The summed E-state index contributed by atoms with van der Waals surface area (Å²) in [5.74, 6) is -1.26. The number of thiol groups is 1. The van der Waals surface area contributed by atoms with Crippen LogP contribution in [0.4, 0.5) is 0 Å². The van der Waals surface area contributed by atoms with Crippen molar-refractivity contribution in [1.29, 1.82) is 0 Å². The van der Waals surface area contributed by atoms with E-state index >= 15 is 0 Å². The summed E-state index contributed by atoms with van der Waals surface area (Å²) in [4.78, 5) is 21.8. The zero-order chi connectivity index (χ0) is 13.9. The molecule has 5 unspecified atom stereocenters. The average Bonchev–Trinajstić information content (AvgIpc) is 2.27. The van der Waals surface area contributed by atoms with Crippen molar-refractivity contribution in [1.82, 2.24) is 0 Å². The van der Waals surface area contributed by atoms with Crippen molar-refractivity contribution in [2.24, 2.45) is 0 Å². The molecule has 2 N–H and O–H groups in total. The maximum absolute atomic E-state index is 10.9. The van der Waals surface area contributed by atoms with Gasteiger partial charge in [-0.3, -0.25) is 9.59 Å². The van der Waals surface area contributed by atoms with Crippen LogP contribution in [0.25, 0.3) is 0 Å². The van der Waals surface area contributed by atoms with E-state index in [0.717, 1.165) is 6.92 Å². The van der Waals surface area contributed by atoms with E-state index in [9.17, 15) is 14.7 Å². The third-order valence-electron chi connectivity index (χ3n) is 2.42. The number of aliphatic hydroxyl groups excluding tert-OH is 2. The monoisotopic (exact) mass is 280 g/mol. The second-order valence-electron chi connectivity index (χ2n) is 3.89. The minimum Gasteiger partial charge on any atom is -0.457 e. The highest BCUT2D eigenvalue weighted by molar-refractivity contribution is 7.80. The summed E-state index contributed by atoms with van der Waals surface area (Å²) in [7, 11) is 0. The fourth-order valence-corrected chi connectivity index (χ4v) is 2.11. The maximum atomic E-state index is 10.9. The molecule has 1 aliphatic rings. The van der Waals surface area contributed by atoms with Crippen molar-refractivity contribution in [3.8, 4) is 0 Å². The van der Waals surface area contributed by atoms with Gasteiger partial charge in [0.15, 0.2) is 12.2 Å². The second-order valence-corrected chi connectivity index (χ2v) is 4.40. The van der Waals surface area contributed by atoms with Crippen LogP contribution < -0.4 is 0 Å². The first-order chi connectivity index (χ1) is 8.36. The van der Waals surface area contributed by atoms with Gasteiger partial charge in [-0.1, -0.05) is 0 Å². The number of rotatable bonds is 3. The normalized spacial score (nSPS) is 35.9. The van der Waals surface area contributed by atoms with Crippen LogP contribution in [0.2, 0.25) is 0 Å². The van der Waals surface area contributed by atoms with Gasteiger partial charge in [0.05, 0.1) is 6.61 Å². The third kappa shape index (κ3) is 3.58. The molecule has 0 radical (unpaired) electrons. The fraction of sp³-hybridized carbons (Fsp3) is 0.800. The van der Waals surface area contributed by atoms with Crippen LogP contribution in [0, 0.1) is 0 Å². The van der Waals surface area contributed by atoms with Gasteiger partial charge in [-0.25, -0.2) is 0 Å². The number of hydrogen-bond donors (Lipinski definition) is 3. The van der Waals surface area contributed by atoms with Crippen LogP contribution in [0.5, 0.6) is 0 Å². The van der Waals surface area contributed by atoms with Gasteiger partial charge in [0.1, 0.15) is 17.6 Å². The van der Waals surface area contributed by atoms with Crippen LogP contribution in [0.15, 0.2) is 0 Å². The number of carbonyl (C=O) groups is 2. The van der Waals surface area contributed by atoms with Gasteiger partial charge in [-0.15, -0.1) is 12.6 Å². The molecule has 8 heteroatoms. The predicted molar refractivity (Wildman–Crippen MR) is 61.8 cm³/mol. The molecule has 1 aliphatic heterocycles. The van der Waals surface area contributed by atoms with Crippen molar-refractivity contribution in [2.75, 3.05) is 6.61 Å². The Hall–Kier alpha value is -0.830. The van der Waals surface area contributed by atoms with Crippen molar-refractivity contribution in [3.05, 3.63) is 0 Å². The Kier molecular flexibility index (Phi) is 5.39. The first kappa shape index (κ1) is 15.2. The molecule has 1 saturated heterocycles. The van der Waals surface area contributed by atoms with E-state index in [1.165, 1.54) is 6.92 Å². The summed E-state index contributed by atoms with van der Waals surface area (Å²) < 4.78 is 15.0. The molecule has 1 heterocycles. The van der Waals surface area contributed by atoms with Gasteiger partial charge >= 0.3 is 11.9 Å². The van der Waals surface area contributed by atoms with Crippen molar-refractivity contribution in [3.63, 3.8) is 0 Å². The van der Waals surface area contributed by atoms with Gasteiger partial charge in [-0.2, -0.15) is 0 Å². The molecular formula is C10H16O7S. The molecule has 0 aromatic rings. The van der Waals surface area contributed by atoms with Gasteiger partial charge in [0, 0.05) is 13.8 Å². The maximum Gasteiger partial charge on any atom is 0.303 e. The number of aliphatic hydroxyl groups is 2. The first-order valence-corrected chi connectivity index (χ1v) is 5.85. The van der Waals surface area contributed by atoms with Gasteiger partial charge in [0.25, 0.3) is 0 Å². The lowest BCUT2D eigenvalue weighted by molar-refractivity contribution is -0.227. The summed E-state index contributed by atoms with van der Waals surface area (Å²) in [5.41, 5.74) is -0.909. The standard InChI is InChI=1S/C10H16O7S/c1-4(12)15-8-6(3-11)17-10(18)9(7(8)14)16-5(2)13/h6-11,14,18H,3H2,1-2H3. The number of ether oxygens (including phenoxy) is 3. The molecule has 0 bridgehead atoms. The highest BCUT2D eigenvalue weighted by Crippen LogP contribution is 2.27. The van der Waals surface area contributed by atoms with E-state index in [-0.39, 0.29) is 0 Å². The molecule has 18 heavy (non-hydrogen) atoms. The number of esters is 2. The molecule has 1 rings (SSSR count). The Labute approximate surface area is 109 Å². The summed E-state index contributed by atoms with van der Waals surface area (Å²) in [6.45, 7) is 1.87. The van der Waals surface area contributed by atoms with E-state index < -0.39 is 48.4 Å². The molecule has 0 saturated carbocycles. The summed E-state index contributed by atoms with van der Waals surface area (Å²) in [6.07, 6.45) is -4.41. The summed E-state index contributed by atoms with van der Waals surface area (Å²) >= 11 is 4.02. The summed E-state index contributed by atoms with van der Waals surface area (Å²) in [5, 5.41) is 19.1. The number of hydrogen-bond acceptors (Lipinski definition) is 8. The molecule has 0 aromatic heterocycles. The lowest BCUT2D eigenvalue weighted by atomic mass is 10.00. The molecule has 104 valence electrons. The van der Waals surface area contributed by atoms with Crippen LogP contribution in [-0.4, -0.2) is 58.6 Å². The molecule has 5 atom stereocenters. The van der Waals surface area contributed by atoms with Crippen LogP contribution in [0.3, 0.4) is 0 Å². The highest BCUT2D eigenvalue weighted by Gasteiger charge is 2.47. The van der Waals surface area contributed by atoms with Gasteiger partial charge in [-0.05, 0) is 0 Å². The van der Waals surface area contributed by atoms with Gasteiger partial charge < -0.3 is 24.4 Å². The van der Waals surface area contributed by atoms with E-state index in [1.54, 1.807) is 0 Å². The molecule has 7 nitrogen and oxygen atoms in total. The third-order valence-corrected chi connectivity index (χ3v) is 2.83. The Balaban J connectivity index is 2.84. The minimum absolute atomic E-state index is 0.459. The van der Waals surface area contributed by atoms with Crippen LogP contribution >= 0.6 is 12.6 Å². The van der Waals surface area contributed by atoms with Crippen molar-refractivity contribution in [2.45, 2.75) is 43.7 Å². The zero-order valence-electron chi connectivity index (χ0n) is 9.98. The average molecular weight is 280 g/mol. The van der Waals surface area contributed by atoms with Crippen molar-refractivity contribution >= 4 is 24.6 Å². The van der Waals surface area contributed by atoms with E-state index in [2.05, 4.69) is 12.6 Å². The first-order valence-electron chi connectivity index (χ1n) is 5.33. The van der Waals surface area contributed by atoms with Crippen LogP contribution in [0.1, 0.15) is 13.8 Å². The smallest absolute Gasteiger partial charge is 0.303 e. The lowest BCUT2D eigenvalue weighted by Crippen LogP contribution is -2.59. The minimum atomic E-state index is -1.31. The molecule has 0 aliphatic carbocycles. The molecule has 0 amide bonds. The molecule has 0 spiro atoms. The molecular weight excluding hydrogens is 264 g/mol.